The van der Waals surface area contributed by atoms with Gasteiger partial charge in [0.05, 0.1) is 0 Å². The lowest BCUT2D eigenvalue weighted by Crippen LogP contribution is -2.51. The van der Waals surface area contributed by atoms with Crippen molar-refractivity contribution in [3.63, 3.8) is 0 Å². The number of nitrogens with zero attached hydrogens (tertiary/aromatic N) is 2. The van der Waals surface area contributed by atoms with E-state index in [0.717, 1.165) is 26.1 Å². The third kappa shape index (κ3) is 3.32. The summed E-state index contributed by atoms with van der Waals surface area (Å²) in [6, 6.07) is 4.91. The van der Waals surface area contributed by atoms with E-state index < -0.39 is 0 Å². The maximum Gasteiger partial charge on any atom is 0.0475 e. The van der Waals surface area contributed by atoms with Crippen LogP contribution in [0.15, 0.2) is 12.1 Å². The van der Waals surface area contributed by atoms with Crippen LogP contribution in [0.1, 0.15) is 16.2 Å². The molecule has 0 amide bonds. The number of aryl methyl sites for hydroxylation is 1. The normalized spacial score (nSPS) is 25.8. The van der Waals surface area contributed by atoms with Crippen molar-refractivity contribution in [2.45, 2.75) is 25.9 Å². The number of aliphatic hydroxyl groups excluding tert-OH is 1. The second kappa shape index (κ2) is 6.15. The number of hydrogen-bond donors (Lipinski definition) is 1. The molecule has 0 saturated carbocycles. The molecule has 0 spiro atoms. The van der Waals surface area contributed by atoms with Crippen LogP contribution in [0.25, 0.3) is 0 Å². The summed E-state index contributed by atoms with van der Waals surface area (Å²) in [5.41, 5.74) is 0. The van der Waals surface area contributed by atoms with Gasteiger partial charge in [0.1, 0.15) is 0 Å². The molecule has 0 unspecified atom stereocenters. The van der Waals surface area contributed by atoms with Gasteiger partial charge >= 0.3 is 0 Å². The molecular formula is C14H24N2OS. The molecule has 18 heavy (non-hydrogen) atoms. The number of aliphatic hydroxyl groups is 1. The molecular weight excluding hydrogens is 244 g/mol. The Morgan fingerprint density at radius 1 is 1.44 bits per heavy atom. The predicted octanol–water partition coefficient (Wildman–Crippen LogP) is 1.80. The molecule has 0 bridgehead atoms. The first-order valence-corrected chi connectivity index (χ1v) is 7.46. The monoisotopic (exact) mass is 268 g/mol. The molecule has 1 saturated heterocycles. The quantitative estimate of drug-likeness (QED) is 0.902. The summed E-state index contributed by atoms with van der Waals surface area (Å²) in [4.78, 5) is 7.61. The van der Waals surface area contributed by atoms with E-state index in [4.69, 9.17) is 0 Å². The number of piperidine rings is 1. The zero-order valence-electron chi connectivity index (χ0n) is 11.6. The van der Waals surface area contributed by atoms with Gasteiger partial charge in [0.15, 0.2) is 0 Å². The minimum atomic E-state index is 0.314. The van der Waals surface area contributed by atoms with Crippen LogP contribution in [0, 0.1) is 12.8 Å². The third-order valence-electron chi connectivity index (χ3n) is 3.88. The van der Waals surface area contributed by atoms with E-state index in [1.54, 1.807) is 0 Å². The Balaban J connectivity index is 1.95. The zero-order chi connectivity index (χ0) is 13.1. The Morgan fingerprint density at radius 2 is 2.22 bits per heavy atom. The van der Waals surface area contributed by atoms with Crippen molar-refractivity contribution in [2.75, 3.05) is 33.8 Å². The van der Waals surface area contributed by atoms with Crippen molar-refractivity contribution < 1.29 is 5.11 Å². The Labute approximate surface area is 114 Å². The largest absolute Gasteiger partial charge is 0.396 e. The highest BCUT2D eigenvalue weighted by atomic mass is 32.1. The van der Waals surface area contributed by atoms with Gasteiger partial charge in [-0.2, -0.15) is 0 Å². The molecule has 2 heterocycles. The fourth-order valence-corrected chi connectivity index (χ4v) is 3.71. The van der Waals surface area contributed by atoms with Gasteiger partial charge in [0.25, 0.3) is 0 Å². The molecule has 1 fully saturated rings. The summed E-state index contributed by atoms with van der Waals surface area (Å²) in [7, 11) is 4.23. The van der Waals surface area contributed by atoms with Crippen LogP contribution in [0.4, 0.5) is 0 Å². The molecule has 102 valence electrons. The van der Waals surface area contributed by atoms with E-state index in [-0.39, 0.29) is 0 Å². The van der Waals surface area contributed by atoms with Crippen LogP contribution in [0.5, 0.6) is 0 Å². The summed E-state index contributed by atoms with van der Waals surface area (Å²) in [6.07, 6.45) is 1.10. The molecule has 4 heteroatoms. The van der Waals surface area contributed by atoms with Crippen molar-refractivity contribution in [3.8, 4) is 0 Å². The summed E-state index contributed by atoms with van der Waals surface area (Å²) in [6.45, 7) is 5.70. The molecule has 1 aliphatic rings. The first-order chi connectivity index (χ1) is 8.60. The molecule has 0 aliphatic carbocycles. The maximum atomic E-state index is 9.45. The van der Waals surface area contributed by atoms with Crippen molar-refractivity contribution in [1.82, 2.24) is 9.80 Å². The number of likely N-dealkylation sites (tertiary alicyclic amines) is 1. The predicted molar refractivity (Wildman–Crippen MR) is 77.0 cm³/mol. The molecule has 1 aromatic heterocycles. The van der Waals surface area contributed by atoms with E-state index >= 15 is 0 Å². The lowest BCUT2D eigenvalue weighted by Gasteiger charge is -2.41. The minimum absolute atomic E-state index is 0.314. The summed E-state index contributed by atoms with van der Waals surface area (Å²) in [5.74, 6) is 0.432. The van der Waals surface area contributed by atoms with Gasteiger partial charge in [0.2, 0.25) is 0 Å². The zero-order valence-corrected chi connectivity index (χ0v) is 12.4. The second-order valence-electron chi connectivity index (χ2n) is 5.51. The van der Waals surface area contributed by atoms with Crippen molar-refractivity contribution in [2.24, 2.45) is 5.92 Å². The van der Waals surface area contributed by atoms with E-state index in [2.05, 4.69) is 43.0 Å². The number of rotatable bonds is 4. The number of hydrogen-bond acceptors (Lipinski definition) is 4. The summed E-state index contributed by atoms with van der Waals surface area (Å²) < 4.78 is 0. The van der Waals surface area contributed by atoms with Crippen molar-refractivity contribution in [1.29, 1.82) is 0 Å². The average molecular weight is 268 g/mol. The van der Waals surface area contributed by atoms with Gasteiger partial charge < -0.3 is 10.0 Å². The van der Waals surface area contributed by atoms with Crippen molar-refractivity contribution >= 4 is 11.3 Å². The topological polar surface area (TPSA) is 26.7 Å². The first-order valence-electron chi connectivity index (χ1n) is 6.65. The maximum absolute atomic E-state index is 9.45. The molecule has 0 aromatic carbocycles. The molecule has 1 N–H and O–H groups in total. The van der Waals surface area contributed by atoms with E-state index in [0.29, 0.717) is 18.6 Å². The van der Waals surface area contributed by atoms with Crippen LogP contribution in [0.2, 0.25) is 0 Å². The van der Waals surface area contributed by atoms with E-state index in [1.807, 2.05) is 11.3 Å². The number of thiophene rings is 1. The van der Waals surface area contributed by atoms with Crippen LogP contribution in [-0.2, 0) is 6.54 Å². The van der Waals surface area contributed by atoms with E-state index in [9.17, 15) is 5.11 Å². The minimum Gasteiger partial charge on any atom is -0.396 e. The Morgan fingerprint density at radius 3 is 2.78 bits per heavy atom. The Kier molecular flexibility index (Phi) is 4.78. The van der Waals surface area contributed by atoms with Crippen LogP contribution in [-0.4, -0.2) is 54.7 Å². The fourth-order valence-electron chi connectivity index (χ4n) is 2.78. The standard InChI is InChI=1S/C14H24N2OS/c1-11-4-5-13(18-11)8-16-7-6-12(10-17)14(9-16)15(2)3/h4-5,12,14,17H,6-10H2,1-3H3/t12-,14-/m1/s1. The molecule has 1 aromatic rings. The summed E-state index contributed by atoms with van der Waals surface area (Å²) >= 11 is 1.89. The molecule has 2 atom stereocenters. The lowest BCUT2D eigenvalue weighted by molar-refractivity contribution is 0.0465. The molecule has 0 radical (unpaired) electrons. The van der Waals surface area contributed by atoms with Gasteiger partial charge in [-0.3, -0.25) is 4.90 Å². The lowest BCUT2D eigenvalue weighted by atomic mass is 9.91. The van der Waals surface area contributed by atoms with Crippen LogP contribution >= 0.6 is 11.3 Å². The van der Waals surface area contributed by atoms with Gasteiger partial charge in [-0.1, -0.05) is 0 Å². The van der Waals surface area contributed by atoms with E-state index in [1.165, 1.54) is 9.75 Å². The van der Waals surface area contributed by atoms with Crippen LogP contribution < -0.4 is 0 Å². The molecule has 2 rings (SSSR count). The molecule has 1 aliphatic heterocycles. The SMILES string of the molecule is Cc1ccc(CN2CC[C@H](CO)[C@H](N(C)C)C2)s1. The number of likely N-dealkylation sites (N-methyl/N-ethyl adjacent to an activating group) is 1. The summed E-state index contributed by atoms with van der Waals surface area (Å²) in [5, 5.41) is 9.45. The highest BCUT2D eigenvalue weighted by Gasteiger charge is 2.30. The molecule has 3 nitrogen and oxygen atoms in total. The second-order valence-corrected chi connectivity index (χ2v) is 6.88. The smallest absolute Gasteiger partial charge is 0.0475 e. The van der Waals surface area contributed by atoms with Gasteiger partial charge in [-0.25, -0.2) is 0 Å². The Bertz CT molecular complexity index is 378. The van der Waals surface area contributed by atoms with Gasteiger partial charge in [-0.15, -0.1) is 11.3 Å². The van der Waals surface area contributed by atoms with Gasteiger partial charge in [0, 0.05) is 35.5 Å². The van der Waals surface area contributed by atoms with Crippen LogP contribution in [0.3, 0.4) is 0 Å². The third-order valence-corrected chi connectivity index (χ3v) is 4.86. The highest BCUT2D eigenvalue weighted by Crippen LogP contribution is 2.24. The highest BCUT2D eigenvalue weighted by molar-refractivity contribution is 7.11. The van der Waals surface area contributed by atoms with Crippen molar-refractivity contribution in [3.05, 3.63) is 21.9 Å². The van der Waals surface area contributed by atoms with Gasteiger partial charge in [-0.05, 0) is 52.0 Å². The fraction of sp³-hybridized carbons (Fsp3) is 0.714. The average Bonchev–Trinajstić information content (AvgIpc) is 2.74. The first kappa shape index (κ1) is 14.0. The Hall–Kier alpha value is -0.420.